The van der Waals surface area contributed by atoms with E-state index in [1.807, 2.05) is 43.3 Å². The molecule has 0 saturated carbocycles. The van der Waals surface area contributed by atoms with Gasteiger partial charge in [-0.3, -0.25) is 0 Å². The fourth-order valence-electron chi connectivity index (χ4n) is 2.70. The Bertz CT molecular complexity index is 613. The van der Waals surface area contributed by atoms with Gasteiger partial charge in [0.15, 0.2) is 6.10 Å². The third-order valence-electron chi connectivity index (χ3n) is 3.49. The normalized spacial score (nSPS) is 22.1. The number of rotatable bonds is 2. The Morgan fingerprint density at radius 2 is 1.89 bits per heavy atom. The van der Waals surface area contributed by atoms with Crippen LogP contribution in [0.5, 0.6) is 0 Å². The van der Waals surface area contributed by atoms with Crippen LogP contribution in [0.2, 0.25) is 0 Å². The molecule has 0 saturated heterocycles. The van der Waals surface area contributed by atoms with E-state index in [2.05, 4.69) is 0 Å². The lowest BCUT2D eigenvalue weighted by Gasteiger charge is -2.30. The van der Waals surface area contributed by atoms with Crippen LogP contribution < -0.4 is 0 Å². The molecular formula is C15H14O3. The van der Waals surface area contributed by atoms with Crippen molar-refractivity contribution in [2.24, 2.45) is 0 Å². The average Bonchev–Trinajstić information content (AvgIpc) is 2.39. The van der Waals surface area contributed by atoms with Gasteiger partial charge in [0, 0.05) is 5.56 Å². The molecule has 2 aromatic carbocycles. The van der Waals surface area contributed by atoms with Crippen molar-refractivity contribution in [2.75, 3.05) is 0 Å². The predicted molar refractivity (Wildman–Crippen MR) is 68.4 cm³/mol. The summed E-state index contributed by atoms with van der Waals surface area (Å²) in [6, 6.07) is 11.8. The van der Waals surface area contributed by atoms with E-state index in [0.717, 1.165) is 28.3 Å². The largest absolute Gasteiger partial charge is 0.479 e. The fourth-order valence-corrected chi connectivity index (χ4v) is 2.70. The van der Waals surface area contributed by atoms with Crippen molar-refractivity contribution >= 4 is 16.7 Å². The third kappa shape index (κ3) is 1.51. The minimum atomic E-state index is -0.921. The number of carbonyl (C=O) groups is 1. The molecule has 0 fully saturated rings. The van der Waals surface area contributed by atoms with E-state index in [1.54, 1.807) is 0 Å². The van der Waals surface area contributed by atoms with Crippen molar-refractivity contribution in [1.29, 1.82) is 0 Å². The van der Waals surface area contributed by atoms with Crippen molar-refractivity contribution in [3.8, 4) is 0 Å². The molecule has 1 N–H and O–H groups in total. The first-order valence-corrected chi connectivity index (χ1v) is 6.12. The zero-order valence-corrected chi connectivity index (χ0v) is 10.1. The summed E-state index contributed by atoms with van der Waals surface area (Å²) in [5.41, 5.74) is 1.86. The zero-order valence-electron chi connectivity index (χ0n) is 10.1. The van der Waals surface area contributed by atoms with Gasteiger partial charge in [0.2, 0.25) is 0 Å². The van der Waals surface area contributed by atoms with Crippen LogP contribution in [0.15, 0.2) is 36.4 Å². The molecule has 1 heterocycles. The second kappa shape index (κ2) is 4.10. The number of carboxylic acid groups (broad SMARTS) is 1. The molecule has 1 aliphatic rings. The SMILES string of the molecule is CCC1OC(C(=O)O)c2cccc3cccc1c23. The lowest BCUT2D eigenvalue weighted by Crippen LogP contribution is -2.22. The number of hydrogen-bond donors (Lipinski definition) is 1. The molecule has 0 radical (unpaired) electrons. The van der Waals surface area contributed by atoms with Gasteiger partial charge >= 0.3 is 5.97 Å². The zero-order chi connectivity index (χ0) is 12.7. The van der Waals surface area contributed by atoms with Gasteiger partial charge in [-0.25, -0.2) is 4.79 Å². The first kappa shape index (κ1) is 11.2. The summed E-state index contributed by atoms with van der Waals surface area (Å²) < 4.78 is 5.71. The minimum Gasteiger partial charge on any atom is -0.479 e. The van der Waals surface area contributed by atoms with Crippen molar-refractivity contribution in [3.63, 3.8) is 0 Å². The van der Waals surface area contributed by atoms with E-state index in [9.17, 15) is 9.90 Å². The highest BCUT2D eigenvalue weighted by Gasteiger charge is 2.32. The highest BCUT2D eigenvalue weighted by atomic mass is 16.5. The quantitative estimate of drug-likeness (QED) is 0.877. The predicted octanol–water partition coefficient (Wildman–Crippen LogP) is 3.45. The molecule has 2 atom stereocenters. The van der Waals surface area contributed by atoms with Crippen LogP contribution in [0.1, 0.15) is 36.7 Å². The summed E-state index contributed by atoms with van der Waals surface area (Å²) >= 11 is 0. The van der Waals surface area contributed by atoms with E-state index in [1.165, 1.54) is 0 Å². The Morgan fingerprint density at radius 3 is 2.50 bits per heavy atom. The summed E-state index contributed by atoms with van der Waals surface area (Å²) in [4.78, 5) is 11.3. The Morgan fingerprint density at radius 1 is 1.22 bits per heavy atom. The molecule has 3 nitrogen and oxygen atoms in total. The molecule has 1 aliphatic heterocycles. The van der Waals surface area contributed by atoms with Gasteiger partial charge < -0.3 is 9.84 Å². The molecule has 2 unspecified atom stereocenters. The van der Waals surface area contributed by atoms with Gasteiger partial charge in [-0.15, -0.1) is 0 Å². The maximum absolute atomic E-state index is 11.3. The fraction of sp³-hybridized carbons (Fsp3) is 0.267. The van der Waals surface area contributed by atoms with Crippen LogP contribution in [-0.2, 0) is 9.53 Å². The van der Waals surface area contributed by atoms with E-state index in [-0.39, 0.29) is 6.10 Å². The van der Waals surface area contributed by atoms with Crippen LogP contribution in [0.4, 0.5) is 0 Å². The van der Waals surface area contributed by atoms with Crippen LogP contribution in [0.25, 0.3) is 10.8 Å². The molecular weight excluding hydrogens is 228 g/mol. The standard InChI is InChI=1S/C15H14O3/c1-2-12-10-7-3-5-9-6-4-8-11(13(9)10)14(18-12)15(16)17/h3-8,12,14H,2H2,1H3,(H,16,17). The Balaban J connectivity index is 2.34. The Kier molecular flexibility index (Phi) is 2.56. The van der Waals surface area contributed by atoms with Gasteiger partial charge in [-0.1, -0.05) is 43.3 Å². The Labute approximate surface area is 105 Å². The highest BCUT2D eigenvalue weighted by Crippen LogP contribution is 2.42. The topological polar surface area (TPSA) is 46.5 Å². The molecule has 3 rings (SSSR count). The van der Waals surface area contributed by atoms with Crippen molar-refractivity contribution in [1.82, 2.24) is 0 Å². The molecule has 2 aromatic rings. The first-order valence-electron chi connectivity index (χ1n) is 6.12. The summed E-state index contributed by atoms with van der Waals surface area (Å²) in [5, 5.41) is 11.4. The first-order chi connectivity index (χ1) is 8.72. The smallest absolute Gasteiger partial charge is 0.337 e. The van der Waals surface area contributed by atoms with E-state index in [4.69, 9.17) is 4.74 Å². The lowest BCUT2D eigenvalue weighted by atomic mass is 9.90. The third-order valence-corrected chi connectivity index (χ3v) is 3.49. The molecule has 0 amide bonds. The minimum absolute atomic E-state index is 0.135. The van der Waals surface area contributed by atoms with Crippen molar-refractivity contribution in [2.45, 2.75) is 25.6 Å². The summed E-state index contributed by atoms with van der Waals surface area (Å²) in [7, 11) is 0. The summed E-state index contributed by atoms with van der Waals surface area (Å²) in [6.45, 7) is 2.01. The molecule has 0 aliphatic carbocycles. The number of carboxylic acids is 1. The summed E-state index contributed by atoms with van der Waals surface area (Å²) in [5.74, 6) is -0.921. The Hall–Kier alpha value is -1.87. The van der Waals surface area contributed by atoms with E-state index >= 15 is 0 Å². The maximum Gasteiger partial charge on any atom is 0.337 e. The van der Waals surface area contributed by atoms with Crippen LogP contribution in [0, 0.1) is 0 Å². The van der Waals surface area contributed by atoms with Gasteiger partial charge in [0.05, 0.1) is 6.10 Å². The van der Waals surface area contributed by atoms with Crippen molar-refractivity contribution < 1.29 is 14.6 Å². The second-order valence-corrected chi connectivity index (χ2v) is 4.54. The van der Waals surface area contributed by atoms with Gasteiger partial charge in [0.25, 0.3) is 0 Å². The van der Waals surface area contributed by atoms with E-state index < -0.39 is 12.1 Å². The van der Waals surface area contributed by atoms with E-state index in [0.29, 0.717) is 0 Å². The molecule has 92 valence electrons. The van der Waals surface area contributed by atoms with Crippen LogP contribution in [-0.4, -0.2) is 11.1 Å². The molecule has 0 bridgehead atoms. The van der Waals surface area contributed by atoms with Gasteiger partial charge in [-0.05, 0) is 22.8 Å². The number of aliphatic carboxylic acids is 1. The lowest BCUT2D eigenvalue weighted by molar-refractivity contribution is -0.156. The molecule has 18 heavy (non-hydrogen) atoms. The molecule has 3 heteroatoms. The average molecular weight is 242 g/mol. The maximum atomic E-state index is 11.3. The number of ether oxygens (including phenoxy) is 1. The number of hydrogen-bond acceptors (Lipinski definition) is 2. The van der Waals surface area contributed by atoms with Crippen LogP contribution in [0.3, 0.4) is 0 Å². The van der Waals surface area contributed by atoms with Crippen LogP contribution >= 0.6 is 0 Å². The monoisotopic (exact) mass is 242 g/mol. The second-order valence-electron chi connectivity index (χ2n) is 4.54. The number of benzene rings is 2. The highest BCUT2D eigenvalue weighted by molar-refractivity contribution is 5.93. The molecule has 0 spiro atoms. The van der Waals surface area contributed by atoms with Gasteiger partial charge in [-0.2, -0.15) is 0 Å². The summed E-state index contributed by atoms with van der Waals surface area (Å²) in [6.07, 6.45) is -0.213. The van der Waals surface area contributed by atoms with Gasteiger partial charge in [0.1, 0.15) is 0 Å². The molecule has 0 aromatic heterocycles. The van der Waals surface area contributed by atoms with Crippen molar-refractivity contribution in [3.05, 3.63) is 47.5 Å².